The number of amides is 2. The largest absolute Gasteiger partial charge is 0.342 e. The highest BCUT2D eigenvalue weighted by atomic mass is 32.1. The summed E-state index contributed by atoms with van der Waals surface area (Å²) in [7, 11) is 0. The molecule has 0 saturated carbocycles. The Labute approximate surface area is 143 Å². The average molecular weight is 347 g/mol. The molecule has 1 fully saturated rings. The van der Waals surface area contributed by atoms with Crippen molar-refractivity contribution in [1.82, 2.24) is 9.88 Å². The molecule has 1 atom stereocenters. The van der Waals surface area contributed by atoms with Crippen LogP contribution in [0.2, 0.25) is 0 Å². The maximum absolute atomic E-state index is 12.9. The standard InChI is InChI=1S/C17H18FN3O2S/c1-11-10-24-17(19-11)20-16(23)13-8-15(22)21(9-13)7-6-12-2-4-14(18)5-3-12/h2-5,10,13H,6-9H2,1H3,(H,19,20,23). The predicted octanol–water partition coefficient (Wildman–Crippen LogP) is 2.62. The number of carbonyl (C=O) groups is 2. The number of aryl methyl sites for hydroxylation is 1. The minimum atomic E-state index is -0.352. The third-order valence-electron chi connectivity index (χ3n) is 4.02. The number of hydrogen-bond donors (Lipinski definition) is 1. The third kappa shape index (κ3) is 3.97. The van der Waals surface area contributed by atoms with Crippen molar-refractivity contribution in [2.24, 2.45) is 5.92 Å². The Morgan fingerprint density at radius 1 is 1.42 bits per heavy atom. The number of aromatic nitrogens is 1. The van der Waals surface area contributed by atoms with Crippen molar-refractivity contribution in [3.05, 3.63) is 46.7 Å². The van der Waals surface area contributed by atoms with Gasteiger partial charge in [0.25, 0.3) is 0 Å². The van der Waals surface area contributed by atoms with Crippen LogP contribution in [0.3, 0.4) is 0 Å². The Kier molecular flexibility index (Phi) is 4.89. The summed E-state index contributed by atoms with van der Waals surface area (Å²) in [6, 6.07) is 6.25. The fourth-order valence-electron chi connectivity index (χ4n) is 2.70. The minimum Gasteiger partial charge on any atom is -0.342 e. The normalized spacial score (nSPS) is 17.3. The van der Waals surface area contributed by atoms with E-state index in [0.29, 0.717) is 24.6 Å². The van der Waals surface area contributed by atoms with Crippen LogP contribution in [0.15, 0.2) is 29.6 Å². The van der Waals surface area contributed by atoms with Gasteiger partial charge in [0.05, 0.1) is 11.6 Å². The average Bonchev–Trinajstić information content (AvgIpc) is 3.13. The van der Waals surface area contributed by atoms with Crippen molar-refractivity contribution in [2.75, 3.05) is 18.4 Å². The summed E-state index contributed by atoms with van der Waals surface area (Å²) >= 11 is 1.37. The van der Waals surface area contributed by atoms with E-state index in [1.807, 2.05) is 12.3 Å². The zero-order chi connectivity index (χ0) is 17.1. The number of hydrogen-bond acceptors (Lipinski definition) is 4. The van der Waals surface area contributed by atoms with Gasteiger partial charge in [0.2, 0.25) is 11.8 Å². The van der Waals surface area contributed by atoms with Gasteiger partial charge in [-0.25, -0.2) is 9.37 Å². The quantitative estimate of drug-likeness (QED) is 0.904. The van der Waals surface area contributed by atoms with Gasteiger partial charge in [-0.15, -0.1) is 11.3 Å². The zero-order valence-corrected chi connectivity index (χ0v) is 14.1. The molecule has 0 aliphatic carbocycles. The summed E-state index contributed by atoms with van der Waals surface area (Å²) in [5, 5.41) is 5.20. The fourth-order valence-corrected chi connectivity index (χ4v) is 3.39. The van der Waals surface area contributed by atoms with Crippen molar-refractivity contribution in [3.63, 3.8) is 0 Å². The molecular formula is C17H18FN3O2S. The second-order valence-electron chi connectivity index (χ2n) is 5.90. The van der Waals surface area contributed by atoms with E-state index in [2.05, 4.69) is 10.3 Å². The van der Waals surface area contributed by atoms with Gasteiger partial charge >= 0.3 is 0 Å². The monoisotopic (exact) mass is 347 g/mol. The van der Waals surface area contributed by atoms with Crippen LogP contribution in [-0.2, 0) is 16.0 Å². The van der Waals surface area contributed by atoms with Crippen LogP contribution < -0.4 is 5.32 Å². The predicted molar refractivity (Wildman–Crippen MR) is 90.3 cm³/mol. The molecule has 2 aromatic rings. The van der Waals surface area contributed by atoms with E-state index >= 15 is 0 Å². The number of halogens is 1. The number of likely N-dealkylation sites (tertiary alicyclic amines) is 1. The summed E-state index contributed by atoms with van der Waals surface area (Å²) in [5.74, 6) is -0.811. The molecule has 1 aliphatic heterocycles. The lowest BCUT2D eigenvalue weighted by molar-refractivity contribution is -0.128. The van der Waals surface area contributed by atoms with Gasteiger partial charge in [0.1, 0.15) is 5.82 Å². The molecule has 0 bridgehead atoms. The molecule has 1 unspecified atom stereocenters. The van der Waals surface area contributed by atoms with E-state index in [1.54, 1.807) is 17.0 Å². The summed E-state index contributed by atoms with van der Waals surface area (Å²) < 4.78 is 12.9. The maximum atomic E-state index is 12.9. The molecule has 2 heterocycles. The smallest absolute Gasteiger partial charge is 0.231 e. The highest BCUT2D eigenvalue weighted by molar-refractivity contribution is 7.13. The van der Waals surface area contributed by atoms with E-state index in [1.165, 1.54) is 23.5 Å². The van der Waals surface area contributed by atoms with Gasteiger partial charge < -0.3 is 10.2 Å². The number of nitrogens with one attached hydrogen (secondary N) is 1. The topological polar surface area (TPSA) is 62.3 Å². The van der Waals surface area contributed by atoms with Gasteiger partial charge in [0, 0.05) is 24.9 Å². The first kappa shape index (κ1) is 16.6. The van der Waals surface area contributed by atoms with Gasteiger partial charge in [-0.3, -0.25) is 9.59 Å². The van der Waals surface area contributed by atoms with E-state index in [0.717, 1.165) is 11.3 Å². The van der Waals surface area contributed by atoms with Gasteiger partial charge in [-0.05, 0) is 31.0 Å². The second kappa shape index (κ2) is 7.09. The first-order valence-corrected chi connectivity index (χ1v) is 8.64. The van der Waals surface area contributed by atoms with Crippen molar-refractivity contribution >= 4 is 28.3 Å². The maximum Gasteiger partial charge on any atom is 0.231 e. The lowest BCUT2D eigenvalue weighted by atomic mass is 10.1. The first-order valence-electron chi connectivity index (χ1n) is 7.76. The number of rotatable bonds is 5. The van der Waals surface area contributed by atoms with Crippen molar-refractivity contribution in [3.8, 4) is 0 Å². The van der Waals surface area contributed by atoms with Crippen molar-refractivity contribution < 1.29 is 14.0 Å². The molecule has 0 radical (unpaired) electrons. The molecule has 1 saturated heterocycles. The summed E-state index contributed by atoms with van der Waals surface area (Å²) in [6.45, 7) is 2.81. The fraction of sp³-hybridized carbons (Fsp3) is 0.353. The van der Waals surface area contributed by atoms with Crippen LogP contribution in [0.1, 0.15) is 17.7 Å². The Hall–Kier alpha value is -2.28. The SMILES string of the molecule is Cc1csc(NC(=O)C2CC(=O)N(CCc3ccc(F)cc3)C2)n1. The molecule has 2 amide bonds. The number of anilines is 1. The van der Waals surface area contributed by atoms with E-state index in [9.17, 15) is 14.0 Å². The second-order valence-corrected chi connectivity index (χ2v) is 6.76. The zero-order valence-electron chi connectivity index (χ0n) is 13.3. The van der Waals surface area contributed by atoms with Crippen LogP contribution in [-0.4, -0.2) is 34.8 Å². The van der Waals surface area contributed by atoms with Crippen LogP contribution in [0.4, 0.5) is 9.52 Å². The Morgan fingerprint density at radius 2 is 2.17 bits per heavy atom. The van der Waals surface area contributed by atoms with Crippen molar-refractivity contribution in [2.45, 2.75) is 19.8 Å². The summed E-state index contributed by atoms with van der Waals surface area (Å²) in [5.41, 5.74) is 1.83. The number of nitrogens with zero attached hydrogens (tertiary/aromatic N) is 2. The summed E-state index contributed by atoms with van der Waals surface area (Å²) in [4.78, 5) is 30.3. The minimum absolute atomic E-state index is 0.0208. The molecule has 7 heteroatoms. The highest BCUT2D eigenvalue weighted by Crippen LogP contribution is 2.22. The molecule has 1 aliphatic rings. The third-order valence-corrected chi connectivity index (χ3v) is 4.89. The molecule has 5 nitrogen and oxygen atoms in total. The van der Waals surface area contributed by atoms with Crippen LogP contribution >= 0.6 is 11.3 Å². The van der Waals surface area contributed by atoms with Gasteiger partial charge in [0.15, 0.2) is 5.13 Å². The van der Waals surface area contributed by atoms with E-state index < -0.39 is 0 Å². The molecule has 1 N–H and O–H groups in total. The van der Waals surface area contributed by atoms with E-state index in [-0.39, 0.29) is 30.0 Å². The highest BCUT2D eigenvalue weighted by Gasteiger charge is 2.34. The van der Waals surface area contributed by atoms with Crippen molar-refractivity contribution in [1.29, 1.82) is 0 Å². The Morgan fingerprint density at radius 3 is 2.83 bits per heavy atom. The molecule has 0 spiro atoms. The molecule has 3 rings (SSSR count). The van der Waals surface area contributed by atoms with Gasteiger partial charge in [-0.1, -0.05) is 12.1 Å². The Balaban J connectivity index is 1.53. The number of carbonyl (C=O) groups excluding carboxylic acids is 2. The molecule has 1 aromatic carbocycles. The van der Waals surface area contributed by atoms with Gasteiger partial charge in [-0.2, -0.15) is 0 Å². The van der Waals surface area contributed by atoms with Crippen LogP contribution in [0.5, 0.6) is 0 Å². The van der Waals surface area contributed by atoms with E-state index in [4.69, 9.17) is 0 Å². The summed E-state index contributed by atoms with van der Waals surface area (Å²) in [6.07, 6.45) is 0.867. The lowest BCUT2D eigenvalue weighted by Crippen LogP contribution is -2.30. The van der Waals surface area contributed by atoms with Crippen LogP contribution in [0.25, 0.3) is 0 Å². The molecular weight excluding hydrogens is 329 g/mol. The molecule has 24 heavy (non-hydrogen) atoms. The number of thiazole rings is 1. The Bertz CT molecular complexity index is 745. The molecule has 1 aromatic heterocycles. The first-order chi connectivity index (χ1) is 11.5. The van der Waals surface area contributed by atoms with Crippen LogP contribution in [0, 0.1) is 18.7 Å². The number of benzene rings is 1. The molecule has 126 valence electrons. The lowest BCUT2D eigenvalue weighted by Gasteiger charge is -2.16.